The third-order valence-electron chi connectivity index (χ3n) is 4.46. The number of halogens is 1. The summed E-state index contributed by atoms with van der Waals surface area (Å²) in [7, 11) is 3.96. The molecule has 0 aliphatic carbocycles. The van der Waals surface area contributed by atoms with Crippen molar-refractivity contribution in [1.82, 2.24) is 19.9 Å². The molecule has 1 aromatic carbocycles. The molecule has 1 aliphatic heterocycles. The van der Waals surface area contributed by atoms with E-state index in [2.05, 4.69) is 24.8 Å². The minimum Gasteiger partial charge on any atom is -0.363 e. The standard InChI is InChI=1S/C18H20ClN7/c1-24(2)16-5-6-20-18(23-16)26-9-7-25(8-10-26)17-12-21-15-11-13(19)3-4-14(15)22-17/h3-6,11-12H,7-10H2,1-2H3. The monoisotopic (exact) mass is 369 g/mol. The van der Waals surface area contributed by atoms with Gasteiger partial charge in [0.25, 0.3) is 0 Å². The Kier molecular flexibility index (Phi) is 4.46. The molecule has 3 aromatic rings. The van der Waals surface area contributed by atoms with Gasteiger partial charge >= 0.3 is 0 Å². The van der Waals surface area contributed by atoms with Crippen molar-refractivity contribution in [3.05, 3.63) is 41.7 Å². The van der Waals surface area contributed by atoms with Crippen molar-refractivity contribution in [3.63, 3.8) is 0 Å². The first-order chi connectivity index (χ1) is 12.6. The summed E-state index contributed by atoms with van der Waals surface area (Å²) in [6.45, 7) is 3.39. The third-order valence-corrected chi connectivity index (χ3v) is 4.70. The molecule has 0 amide bonds. The molecule has 0 bridgehead atoms. The Bertz CT molecular complexity index is 922. The number of aromatic nitrogens is 4. The van der Waals surface area contributed by atoms with E-state index in [0.29, 0.717) is 5.02 Å². The van der Waals surface area contributed by atoms with Crippen molar-refractivity contribution in [2.75, 3.05) is 55.0 Å². The van der Waals surface area contributed by atoms with Gasteiger partial charge in [-0.15, -0.1) is 0 Å². The summed E-state index contributed by atoms with van der Waals surface area (Å²) >= 11 is 6.01. The second-order valence-electron chi connectivity index (χ2n) is 6.44. The lowest BCUT2D eigenvalue weighted by atomic mass is 10.3. The minimum absolute atomic E-state index is 0.674. The van der Waals surface area contributed by atoms with Crippen LogP contribution in [0, 0.1) is 0 Å². The second kappa shape index (κ2) is 6.92. The molecular weight excluding hydrogens is 350 g/mol. The first-order valence-electron chi connectivity index (χ1n) is 8.53. The van der Waals surface area contributed by atoms with Gasteiger partial charge in [0.2, 0.25) is 5.95 Å². The summed E-state index contributed by atoms with van der Waals surface area (Å²) in [4.78, 5) is 24.7. The topological polar surface area (TPSA) is 61.3 Å². The largest absolute Gasteiger partial charge is 0.363 e. The highest BCUT2D eigenvalue weighted by Gasteiger charge is 2.21. The number of piperazine rings is 1. The predicted molar refractivity (Wildman–Crippen MR) is 105 cm³/mol. The van der Waals surface area contributed by atoms with Crippen LogP contribution in [-0.4, -0.2) is 60.2 Å². The normalized spacial score (nSPS) is 14.7. The van der Waals surface area contributed by atoms with E-state index in [1.807, 2.05) is 55.7 Å². The quantitative estimate of drug-likeness (QED) is 0.702. The van der Waals surface area contributed by atoms with E-state index in [1.54, 1.807) is 0 Å². The van der Waals surface area contributed by atoms with Crippen molar-refractivity contribution in [3.8, 4) is 0 Å². The lowest BCUT2D eigenvalue weighted by Gasteiger charge is -2.35. The van der Waals surface area contributed by atoms with Crippen LogP contribution in [0.5, 0.6) is 0 Å². The predicted octanol–water partition coefficient (Wildman–Crippen LogP) is 2.47. The van der Waals surface area contributed by atoms with E-state index in [1.165, 1.54) is 0 Å². The lowest BCUT2D eigenvalue weighted by molar-refractivity contribution is 0.634. The molecule has 0 unspecified atom stereocenters. The van der Waals surface area contributed by atoms with E-state index in [-0.39, 0.29) is 0 Å². The second-order valence-corrected chi connectivity index (χ2v) is 6.88. The van der Waals surface area contributed by atoms with E-state index < -0.39 is 0 Å². The summed E-state index contributed by atoms with van der Waals surface area (Å²) in [5, 5.41) is 0.674. The smallest absolute Gasteiger partial charge is 0.227 e. The van der Waals surface area contributed by atoms with Gasteiger partial charge in [0, 0.05) is 51.5 Å². The number of nitrogens with zero attached hydrogens (tertiary/aromatic N) is 7. The summed E-state index contributed by atoms with van der Waals surface area (Å²) in [5.74, 6) is 2.58. The maximum Gasteiger partial charge on any atom is 0.227 e. The Morgan fingerprint density at radius 3 is 2.46 bits per heavy atom. The van der Waals surface area contributed by atoms with Crippen molar-refractivity contribution >= 4 is 40.2 Å². The van der Waals surface area contributed by atoms with Crippen molar-refractivity contribution < 1.29 is 0 Å². The Morgan fingerprint density at radius 2 is 1.69 bits per heavy atom. The number of rotatable bonds is 3. The molecule has 3 heterocycles. The van der Waals surface area contributed by atoms with Gasteiger partial charge in [0.1, 0.15) is 11.6 Å². The average molecular weight is 370 g/mol. The molecule has 4 rings (SSSR count). The molecule has 0 spiro atoms. The molecule has 8 heteroatoms. The molecule has 1 saturated heterocycles. The van der Waals surface area contributed by atoms with Crippen molar-refractivity contribution in [2.45, 2.75) is 0 Å². The molecule has 0 radical (unpaired) electrons. The van der Waals surface area contributed by atoms with Crippen molar-refractivity contribution in [2.24, 2.45) is 0 Å². The Balaban J connectivity index is 1.48. The van der Waals surface area contributed by atoms with Gasteiger partial charge in [0.15, 0.2) is 0 Å². The number of hydrogen-bond acceptors (Lipinski definition) is 7. The van der Waals surface area contributed by atoms with Crippen LogP contribution in [-0.2, 0) is 0 Å². The summed E-state index contributed by atoms with van der Waals surface area (Å²) in [6.07, 6.45) is 3.63. The Morgan fingerprint density at radius 1 is 0.923 bits per heavy atom. The zero-order valence-corrected chi connectivity index (χ0v) is 15.6. The van der Waals surface area contributed by atoms with E-state index >= 15 is 0 Å². The highest BCUT2D eigenvalue weighted by Crippen LogP contribution is 2.21. The summed E-state index contributed by atoms with van der Waals surface area (Å²) < 4.78 is 0. The molecule has 0 atom stereocenters. The van der Waals surface area contributed by atoms with Crippen molar-refractivity contribution in [1.29, 1.82) is 0 Å². The number of hydrogen-bond donors (Lipinski definition) is 0. The fourth-order valence-electron chi connectivity index (χ4n) is 3.00. The Hall–Kier alpha value is -2.67. The van der Waals surface area contributed by atoms with Gasteiger partial charge < -0.3 is 14.7 Å². The molecule has 1 aliphatic rings. The maximum absolute atomic E-state index is 6.01. The number of fused-ring (bicyclic) bond motifs is 1. The zero-order valence-electron chi connectivity index (χ0n) is 14.8. The maximum atomic E-state index is 6.01. The van der Waals surface area contributed by atoms with Gasteiger partial charge in [-0.25, -0.2) is 9.97 Å². The molecule has 1 fully saturated rings. The molecule has 2 aromatic heterocycles. The third kappa shape index (κ3) is 3.35. The van der Waals surface area contributed by atoms with Crippen LogP contribution in [0.2, 0.25) is 5.02 Å². The van der Waals surface area contributed by atoms with Crippen LogP contribution in [0.15, 0.2) is 36.7 Å². The molecule has 0 N–H and O–H groups in total. The Labute approximate surface area is 157 Å². The average Bonchev–Trinajstić information content (AvgIpc) is 2.68. The van der Waals surface area contributed by atoms with Crippen LogP contribution < -0.4 is 14.7 Å². The van der Waals surface area contributed by atoms with E-state index in [0.717, 1.165) is 54.8 Å². The molecular formula is C18H20ClN7. The first kappa shape index (κ1) is 16.8. The molecule has 7 nitrogen and oxygen atoms in total. The first-order valence-corrected chi connectivity index (χ1v) is 8.90. The summed E-state index contributed by atoms with van der Waals surface area (Å²) in [6, 6.07) is 7.50. The SMILES string of the molecule is CN(C)c1ccnc(N2CCN(c3cnc4cc(Cl)ccc4n3)CC2)n1. The number of benzene rings is 1. The lowest BCUT2D eigenvalue weighted by Crippen LogP contribution is -2.47. The summed E-state index contributed by atoms with van der Waals surface area (Å²) in [5.41, 5.74) is 1.67. The van der Waals surface area contributed by atoms with Crippen LogP contribution >= 0.6 is 11.6 Å². The van der Waals surface area contributed by atoms with Gasteiger partial charge in [-0.3, -0.25) is 4.98 Å². The van der Waals surface area contributed by atoms with Gasteiger partial charge in [-0.1, -0.05) is 11.6 Å². The van der Waals surface area contributed by atoms with Crippen LogP contribution in [0.3, 0.4) is 0 Å². The molecule has 134 valence electrons. The zero-order chi connectivity index (χ0) is 18.1. The van der Waals surface area contributed by atoms with Crippen LogP contribution in [0.4, 0.5) is 17.6 Å². The highest BCUT2D eigenvalue weighted by atomic mass is 35.5. The fourth-order valence-corrected chi connectivity index (χ4v) is 3.17. The number of anilines is 3. The fraction of sp³-hybridized carbons (Fsp3) is 0.333. The minimum atomic E-state index is 0.674. The van der Waals surface area contributed by atoms with Crippen LogP contribution in [0.1, 0.15) is 0 Å². The highest BCUT2D eigenvalue weighted by molar-refractivity contribution is 6.31. The van der Waals surface area contributed by atoms with E-state index in [9.17, 15) is 0 Å². The van der Waals surface area contributed by atoms with Crippen LogP contribution in [0.25, 0.3) is 11.0 Å². The molecule has 26 heavy (non-hydrogen) atoms. The molecule has 0 saturated carbocycles. The van der Waals surface area contributed by atoms with Gasteiger partial charge in [0.05, 0.1) is 17.2 Å². The van der Waals surface area contributed by atoms with Gasteiger partial charge in [-0.2, -0.15) is 4.98 Å². The van der Waals surface area contributed by atoms with E-state index in [4.69, 9.17) is 16.6 Å². The van der Waals surface area contributed by atoms with Gasteiger partial charge in [-0.05, 0) is 24.3 Å².